The van der Waals surface area contributed by atoms with Crippen LogP contribution < -0.4 is 10.3 Å². The van der Waals surface area contributed by atoms with Gasteiger partial charge in [0.25, 0.3) is 15.9 Å². The summed E-state index contributed by atoms with van der Waals surface area (Å²) in [4.78, 5) is 17.4. The van der Waals surface area contributed by atoms with Gasteiger partial charge < -0.3 is 0 Å². The van der Waals surface area contributed by atoms with Crippen molar-refractivity contribution in [1.82, 2.24) is 19.8 Å². The molecule has 0 saturated carbocycles. The molecule has 0 radical (unpaired) electrons. The van der Waals surface area contributed by atoms with E-state index in [0.717, 1.165) is 6.07 Å². The summed E-state index contributed by atoms with van der Waals surface area (Å²) < 4.78 is 51.8. The highest BCUT2D eigenvalue weighted by molar-refractivity contribution is 7.89. The molecule has 7 nitrogen and oxygen atoms in total. The molecule has 0 unspecified atom stereocenters. The van der Waals surface area contributed by atoms with Crippen LogP contribution >= 0.6 is 0 Å². The maximum absolute atomic E-state index is 13.2. The number of amides is 1. The van der Waals surface area contributed by atoms with Crippen LogP contribution in [0, 0.1) is 11.6 Å². The van der Waals surface area contributed by atoms with Crippen LogP contribution in [-0.4, -0.2) is 23.9 Å². The van der Waals surface area contributed by atoms with Crippen molar-refractivity contribution in [3.05, 3.63) is 78.4 Å². The second kappa shape index (κ2) is 7.02. The summed E-state index contributed by atoms with van der Waals surface area (Å²) in [5.41, 5.74) is 2.74. The Morgan fingerprint density at radius 3 is 2.46 bits per heavy atom. The van der Waals surface area contributed by atoms with Crippen molar-refractivity contribution >= 4 is 15.9 Å². The molecule has 1 heterocycles. The zero-order chi connectivity index (χ0) is 18.7. The van der Waals surface area contributed by atoms with E-state index in [0.29, 0.717) is 17.8 Å². The lowest BCUT2D eigenvalue weighted by Gasteiger charge is -2.10. The third-order valence-corrected chi connectivity index (χ3v) is 4.65. The largest absolute Gasteiger partial charge is 0.295 e. The highest BCUT2D eigenvalue weighted by atomic mass is 32.2. The van der Waals surface area contributed by atoms with Crippen molar-refractivity contribution in [1.29, 1.82) is 0 Å². The van der Waals surface area contributed by atoms with Crippen molar-refractivity contribution in [2.45, 2.75) is 4.90 Å². The van der Waals surface area contributed by atoms with Gasteiger partial charge in [-0.25, -0.2) is 22.2 Å². The summed E-state index contributed by atoms with van der Waals surface area (Å²) >= 11 is 0. The molecule has 2 aromatic carbocycles. The molecule has 0 spiro atoms. The quantitative estimate of drug-likeness (QED) is 0.662. The number of aromatic nitrogens is 2. The standard InChI is InChI=1S/C16H12F2N4O3S/c17-13-7-6-12(8-14(13)18)26(24,25)21-20-16(23)15-9-19-10-22(15)11-4-2-1-3-5-11/h1-10,21H,(H,20,23). The number of benzene rings is 2. The molecule has 1 aromatic heterocycles. The number of para-hydroxylation sites is 1. The lowest BCUT2D eigenvalue weighted by atomic mass is 10.3. The fraction of sp³-hybridized carbons (Fsp3) is 0. The molecule has 0 bridgehead atoms. The van der Waals surface area contributed by atoms with Crippen molar-refractivity contribution in [3.63, 3.8) is 0 Å². The summed E-state index contributed by atoms with van der Waals surface area (Å²) in [6, 6.07) is 10.9. The summed E-state index contributed by atoms with van der Waals surface area (Å²) in [6.07, 6.45) is 2.66. The topological polar surface area (TPSA) is 93.1 Å². The number of imidazole rings is 1. The van der Waals surface area contributed by atoms with Crippen molar-refractivity contribution < 1.29 is 22.0 Å². The molecule has 26 heavy (non-hydrogen) atoms. The van der Waals surface area contributed by atoms with Crippen molar-refractivity contribution in [3.8, 4) is 5.69 Å². The Kier molecular flexibility index (Phi) is 4.78. The Hall–Kier alpha value is -3.11. The fourth-order valence-electron chi connectivity index (χ4n) is 2.14. The van der Waals surface area contributed by atoms with Gasteiger partial charge in [0.1, 0.15) is 5.69 Å². The average molecular weight is 378 g/mol. The minimum Gasteiger partial charge on any atom is -0.295 e. The average Bonchev–Trinajstić information content (AvgIpc) is 3.12. The monoisotopic (exact) mass is 378 g/mol. The number of hydrogen-bond acceptors (Lipinski definition) is 4. The molecule has 0 saturated heterocycles. The summed E-state index contributed by atoms with van der Waals surface area (Å²) in [6.45, 7) is 0. The normalized spacial score (nSPS) is 11.3. The third kappa shape index (κ3) is 3.60. The predicted octanol–water partition coefficient (Wildman–Crippen LogP) is 1.77. The third-order valence-electron chi connectivity index (χ3n) is 3.41. The maximum atomic E-state index is 13.2. The van der Waals surface area contributed by atoms with E-state index < -0.39 is 32.5 Å². The fourth-order valence-corrected chi connectivity index (χ4v) is 2.99. The Bertz CT molecular complexity index is 1050. The minimum absolute atomic E-state index is 0.0733. The SMILES string of the molecule is O=C(NNS(=O)(=O)c1ccc(F)c(F)c1)c1cncn1-c1ccccc1. The number of nitrogens with zero attached hydrogens (tertiary/aromatic N) is 2. The number of rotatable bonds is 5. The Morgan fingerprint density at radius 1 is 1.04 bits per heavy atom. The van der Waals surface area contributed by atoms with E-state index in [4.69, 9.17) is 0 Å². The van der Waals surface area contributed by atoms with Gasteiger partial charge in [0, 0.05) is 5.69 Å². The van der Waals surface area contributed by atoms with Crippen molar-refractivity contribution in [2.24, 2.45) is 0 Å². The van der Waals surface area contributed by atoms with Crippen LogP contribution in [0.15, 0.2) is 66.0 Å². The summed E-state index contributed by atoms with van der Waals surface area (Å²) in [5, 5.41) is 0. The van der Waals surface area contributed by atoms with Gasteiger partial charge >= 0.3 is 0 Å². The highest BCUT2D eigenvalue weighted by Crippen LogP contribution is 2.14. The second-order valence-electron chi connectivity index (χ2n) is 5.12. The van der Waals surface area contributed by atoms with Gasteiger partial charge in [0.2, 0.25) is 0 Å². The second-order valence-corrected chi connectivity index (χ2v) is 6.80. The van der Waals surface area contributed by atoms with Gasteiger partial charge in [-0.15, -0.1) is 4.83 Å². The van der Waals surface area contributed by atoms with Crippen LogP contribution in [0.25, 0.3) is 5.69 Å². The number of hydrazine groups is 1. The van der Waals surface area contributed by atoms with E-state index >= 15 is 0 Å². The molecule has 2 N–H and O–H groups in total. The van der Waals surface area contributed by atoms with E-state index in [1.54, 1.807) is 30.3 Å². The number of carbonyl (C=O) groups excluding carboxylic acids is 1. The first-order valence-electron chi connectivity index (χ1n) is 7.23. The minimum atomic E-state index is -4.28. The van der Waals surface area contributed by atoms with Crippen LogP contribution in [0.4, 0.5) is 8.78 Å². The maximum Gasteiger partial charge on any atom is 0.284 e. The highest BCUT2D eigenvalue weighted by Gasteiger charge is 2.19. The van der Waals surface area contributed by atoms with Crippen LogP contribution in [0.3, 0.4) is 0 Å². The Labute approximate surface area is 147 Å². The first-order chi connectivity index (χ1) is 12.4. The van der Waals surface area contributed by atoms with Gasteiger partial charge in [-0.05, 0) is 30.3 Å². The van der Waals surface area contributed by atoms with E-state index in [1.165, 1.54) is 17.1 Å². The molecule has 0 aliphatic rings. The number of sulfonamides is 1. The number of hydrogen-bond donors (Lipinski definition) is 2. The first-order valence-corrected chi connectivity index (χ1v) is 8.72. The van der Waals surface area contributed by atoms with E-state index in [1.807, 2.05) is 10.3 Å². The number of halogens is 2. The molecule has 0 atom stereocenters. The Morgan fingerprint density at radius 2 is 1.77 bits per heavy atom. The molecular weight excluding hydrogens is 366 g/mol. The van der Waals surface area contributed by atoms with Crippen molar-refractivity contribution in [2.75, 3.05) is 0 Å². The van der Waals surface area contributed by atoms with Gasteiger partial charge in [0.05, 0.1) is 17.4 Å². The molecule has 3 aromatic rings. The lowest BCUT2D eigenvalue weighted by molar-refractivity contribution is 0.0938. The lowest BCUT2D eigenvalue weighted by Crippen LogP contribution is -2.42. The van der Waals surface area contributed by atoms with Gasteiger partial charge in [-0.3, -0.25) is 14.8 Å². The molecule has 134 valence electrons. The molecule has 10 heteroatoms. The van der Waals surface area contributed by atoms with Crippen LogP contribution in [0.5, 0.6) is 0 Å². The predicted molar refractivity (Wildman–Crippen MR) is 87.7 cm³/mol. The summed E-state index contributed by atoms with van der Waals surface area (Å²) in [5.74, 6) is -3.28. The molecule has 1 amide bonds. The molecule has 0 aliphatic carbocycles. The molecule has 3 rings (SSSR count). The van der Waals surface area contributed by atoms with E-state index in [-0.39, 0.29) is 5.69 Å². The van der Waals surface area contributed by atoms with Crippen LogP contribution in [0.1, 0.15) is 10.5 Å². The smallest absolute Gasteiger partial charge is 0.284 e. The zero-order valence-electron chi connectivity index (χ0n) is 13.1. The van der Waals surface area contributed by atoms with Crippen LogP contribution in [0.2, 0.25) is 0 Å². The van der Waals surface area contributed by atoms with E-state index in [2.05, 4.69) is 4.98 Å². The number of carbonyl (C=O) groups is 1. The van der Waals surface area contributed by atoms with Gasteiger partial charge in [-0.2, -0.15) is 0 Å². The molecular formula is C16H12F2N4O3S. The number of nitrogens with one attached hydrogen (secondary N) is 2. The Balaban J connectivity index is 1.77. The summed E-state index contributed by atoms with van der Waals surface area (Å²) in [7, 11) is -4.28. The van der Waals surface area contributed by atoms with Crippen LogP contribution in [-0.2, 0) is 10.0 Å². The molecule has 0 aliphatic heterocycles. The van der Waals surface area contributed by atoms with E-state index in [9.17, 15) is 22.0 Å². The van der Waals surface area contributed by atoms with Gasteiger partial charge in [0.15, 0.2) is 11.6 Å². The zero-order valence-corrected chi connectivity index (χ0v) is 13.9. The van der Waals surface area contributed by atoms with Gasteiger partial charge in [-0.1, -0.05) is 18.2 Å². The first kappa shape index (κ1) is 17.7. The molecule has 0 fully saturated rings.